The van der Waals surface area contributed by atoms with Gasteiger partial charge in [-0.05, 0) is 12.8 Å². The lowest BCUT2D eigenvalue weighted by Gasteiger charge is -2.06. The molecule has 0 aromatic carbocycles. The van der Waals surface area contributed by atoms with E-state index in [4.69, 9.17) is 4.74 Å². The van der Waals surface area contributed by atoms with Crippen LogP contribution in [0, 0.1) is 5.92 Å². The first-order chi connectivity index (χ1) is 6.55. The van der Waals surface area contributed by atoms with Crippen LogP contribution in [0.25, 0.3) is 0 Å². The lowest BCUT2D eigenvalue weighted by atomic mass is 10.1. The molecule has 4 nitrogen and oxygen atoms in total. The molecule has 0 spiro atoms. The fourth-order valence-electron chi connectivity index (χ4n) is 1.51. The molecule has 0 radical (unpaired) electrons. The molecule has 0 N–H and O–H groups in total. The van der Waals surface area contributed by atoms with Crippen LogP contribution >= 0.6 is 0 Å². The molecule has 0 aromatic heterocycles. The van der Waals surface area contributed by atoms with Crippen LogP contribution in [0.3, 0.4) is 0 Å². The molecule has 0 amide bonds. The standard InChI is InChI=1S/C9H16O4S/c1-2-5-14(11,12)7-9(10)8-3-4-13-6-8/h8H,2-7H2,1H3. The molecular weight excluding hydrogens is 204 g/mol. The summed E-state index contributed by atoms with van der Waals surface area (Å²) in [5.41, 5.74) is 0. The van der Waals surface area contributed by atoms with Gasteiger partial charge in [0.2, 0.25) is 0 Å². The van der Waals surface area contributed by atoms with Crippen LogP contribution in [0.5, 0.6) is 0 Å². The van der Waals surface area contributed by atoms with Crippen molar-refractivity contribution in [3.63, 3.8) is 0 Å². The average molecular weight is 220 g/mol. The van der Waals surface area contributed by atoms with Gasteiger partial charge in [-0.2, -0.15) is 0 Å². The zero-order chi connectivity index (χ0) is 10.6. The number of sulfone groups is 1. The van der Waals surface area contributed by atoms with E-state index >= 15 is 0 Å². The van der Waals surface area contributed by atoms with Crippen LogP contribution in [0.1, 0.15) is 19.8 Å². The SMILES string of the molecule is CCCS(=O)(=O)CC(=O)C1CCOC1. The van der Waals surface area contributed by atoms with Gasteiger partial charge in [0.1, 0.15) is 5.75 Å². The van der Waals surface area contributed by atoms with Crippen molar-refractivity contribution < 1.29 is 17.9 Å². The molecule has 1 fully saturated rings. The van der Waals surface area contributed by atoms with Crippen LogP contribution in [0.2, 0.25) is 0 Å². The Labute approximate surface area is 84.6 Å². The van der Waals surface area contributed by atoms with Gasteiger partial charge in [0, 0.05) is 12.5 Å². The van der Waals surface area contributed by atoms with E-state index < -0.39 is 9.84 Å². The van der Waals surface area contributed by atoms with Crippen molar-refractivity contribution in [1.82, 2.24) is 0 Å². The van der Waals surface area contributed by atoms with E-state index in [-0.39, 0.29) is 23.2 Å². The van der Waals surface area contributed by atoms with Crippen LogP contribution in [-0.4, -0.2) is 38.9 Å². The summed E-state index contributed by atoms with van der Waals surface area (Å²) >= 11 is 0. The molecule has 0 saturated carbocycles. The van der Waals surface area contributed by atoms with E-state index in [1.807, 2.05) is 0 Å². The van der Waals surface area contributed by atoms with Gasteiger partial charge in [-0.1, -0.05) is 6.92 Å². The zero-order valence-electron chi connectivity index (χ0n) is 8.36. The molecule has 1 atom stereocenters. The van der Waals surface area contributed by atoms with E-state index in [1.165, 1.54) is 0 Å². The van der Waals surface area contributed by atoms with Crippen LogP contribution in [0.15, 0.2) is 0 Å². The zero-order valence-corrected chi connectivity index (χ0v) is 9.18. The molecule has 1 saturated heterocycles. The number of ketones is 1. The highest BCUT2D eigenvalue weighted by Gasteiger charge is 2.27. The normalized spacial score (nSPS) is 22.5. The summed E-state index contributed by atoms with van der Waals surface area (Å²) in [6.07, 6.45) is 1.23. The van der Waals surface area contributed by atoms with Crippen LogP contribution in [0.4, 0.5) is 0 Å². The van der Waals surface area contributed by atoms with Crippen molar-refractivity contribution in [3.05, 3.63) is 0 Å². The van der Waals surface area contributed by atoms with Crippen LogP contribution in [-0.2, 0) is 19.4 Å². The number of rotatable bonds is 5. The quantitative estimate of drug-likeness (QED) is 0.673. The highest BCUT2D eigenvalue weighted by atomic mass is 32.2. The molecule has 1 heterocycles. The highest BCUT2D eigenvalue weighted by Crippen LogP contribution is 2.14. The van der Waals surface area contributed by atoms with Crippen molar-refractivity contribution in [2.45, 2.75) is 19.8 Å². The van der Waals surface area contributed by atoms with Gasteiger partial charge in [0.05, 0.1) is 12.4 Å². The molecule has 14 heavy (non-hydrogen) atoms. The number of hydrogen-bond acceptors (Lipinski definition) is 4. The van der Waals surface area contributed by atoms with E-state index in [9.17, 15) is 13.2 Å². The maximum atomic E-state index is 11.5. The largest absolute Gasteiger partial charge is 0.381 e. The van der Waals surface area contributed by atoms with E-state index in [0.717, 1.165) is 0 Å². The van der Waals surface area contributed by atoms with E-state index in [1.54, 1.807) is 6.92 Å². The Balaban J connectivity index is 2.47. The smallest absolute Gasteiger partial charge is 0.157 e. The molecule has 1 rings (SSSR count). The van der Waals surface area contributed by atoms with Gasteiger partial charge in [-0.25, -0.2) is 8.42 Å². The number of hydrogen-bond donors (Lipinski definition) is 0. The number of Topliss-reactive ketones (excluding diaryl/α,β-unsaturated/α-hetero) is 1. The van der Waals surface area contributed by atoms with E-state index in [2.05, 4.69) is 0 Å². The average Bonchev–Trinajstić information content (AvgIpc) is 2.53. The Bertz CT molecular complexity index is 288. The van der Waals surface area contributed by atoms with E-state index in [0.29, 0.717) is 26.1 Å². The highest BCUT2D eigenvalue weighted by molar-refractivity contribution is 7.92. The third kappa shape index (κ3) is 3.38. The maximum absolute atomic E-state index is 11.5. The predicted octanol–water partition coefficient (Wildman–Crippen LogP) is 0.417. The van der Waals surface area contributed by atoms with Gasteiger partial charge in [0.15, 0.2) is 15.6 Å². The van der Waals surface area contributed by atoms with Gasteiger partial charge < -0.3 is 4.74 Å². The van der Waals surface area contributed by atoms with Crippen molar-refractivity contribution in [2.75, 3.05) is 24.7 Å². The summed E-state index contributed by atoms with van der Waals surface area (Å²) in [7, 11) is -3.17. The Morgan fingerprint density at radius 3 is 2.71 bits per heavy atom. The molecule has 0 aliphatic carbocycles. The molecule has 82 valence electrons. The lowest BCUT2D eigenvalue weighted by molar-refractivity contribution is -0.120. The summed E-state index contributed by atoms with van der Waals surface area (Å²) in [5.74, 6) is -0.584. The number of carbonyl (C=O) groups is 1. The minimum absolute atomic E-state index is 0.103. The third-order valence-corrected chi connectivity index (χ3v) is 4.02. The minimum atomic E-state index is -3.17. The van der Waals surface area contributed by atoms with Crippen LogP contribution < -0.4 is 0 Å². The van der Waals surface area contributed by atoms with Gasteiger partial charge in [0.25, 0.3) is 0 Å². The molecule has 5 heteroatoms. The second-order valence-corrected chi connectivity index (χ2v) is 5.80. The molecule has 0 aromatic rings. The first-order valence-electron chi connectivity index (χ1n) is 4.86. The summed E-state index contributed by atoms with van der Waals surface area (Å²) in [4.78, 5) is 11.5. The minimum Gasteiger partial charge on any atom is -0.381 e. The Morgan fingerprint density at radius 1 is 1.50 bits per heavy atom. The third-order valence-electron chi connectivity index (χ3n) is 2.26. The monoisotopic (exact) mass is 220 g/mol. The van der Waals surface area contributed by atoms with Crippen molar-refractivity contribution in [3.8, 4) is 0 Å². The Kier molecular flexibility index (Phi) is 4.07. The molecule has 1 unspecified atom stereocenters. The Morgan fingerprint density at radius 2 is 2.21 bits per heavy atom. The second kappa shape index (κ2) is 4.89. The number of carbonyl (C=O) groups excluding carboxylic acids is 1. The summed E-state index contributed by atoms with van der Waals surface area (Å²) in [5, 5.41) is 0. The van der Waals surface area contributed by atoms with Crippen molar-refractivity contribution in [1.29, 1.82) is 0 Å². The summed E-state index contributed by atoms with van der Waals surface area (Å²) < 4.78 is 27.7. The topological polar surface area (TPSA) is 60.4 Å². The Hall–Kier alpha value is -0.420. The van der Waals surface area contributed by atoms with Crippen molar-refractivity contribution >= 4 is 15.6 Å². The molecule has 1 aliphatic rings. The first-order valence-corrected chi connectivity index (χ1v) is 6.68. The van der Waals surface area contributed by atoms with Crippen molar-refractivity contribution in [2.24, 2.45) is 5.92 Å². The fourth-order valence-corrected chi connectivity index (χ4v) is 2.94. The predicted molar refractivity (Wildman–Crippen MR) is 52.9 cm³/mol. The first kappa shape index (κ1) is 11.7. The maximum Gasteiger partial charge on any atom is 0.157 e. The molecule has 1 aliphatic heterocycles. The van der Waals surface area contributed by atoms with Gasteiger partial charge in [-0.15, -0.1) is 0 Å². The van der Waals surface area contributed by atoms with Gasteiger partial charge >= 0.3 is 0 Å². The molecule has 0 bridgehead atoms. The number of ether oxygens (including phenoxy) is 1. The summed E-state index contributed by atoms with van der Waals surface area (Å²) in [6.45, 7) is 2.76. The summed E-state index contributed by atoms with van der Waals surface area (Å²) in [6, 6.07) is 0. The van der Waals surface area contributed by atoms with Gasteiger partial charge in [-0.3, -0.25) is 4.79 Å². The molecular formula is C9H16O4S. The second-order valence-electron chi connectivity index (χ2n) is 3.62. The fraction of sp³-hybridized carbons (Fsp3) is 0.889. The lowest BCUT2D eigenvalue weighted by Crippen LogP contribution is -2.25.